The standard InChI is InChI=1S/C10H10N6/c1-16-7-8(6-14-16)5-13-10-12-3-2-9(4-11)15-10/h2-3,6-7H,5H2,1H3,(H,12,13,15). The number of rotatable bonds is 3. The van der Waals surface area contributed by atoms with E-state index >= 15 is 0 Å². The molecule has 0 aliphatic heterocycles. The van der Waals surface area contributed by atoms with Crippen molar-refractivity contribution in [3.8, 4) is 6.07 Å². The molecule has 0 aliphatic rings. The third-order valence-corrected chi connectivity index (χ3v) is 1.98. The Morgan fingerprint density at radius 2 is 2.44 bits per heavy atom. The molecule has 0 amide bonds. The van der Waals surface area contributed by atoms with Crippen molar-refractivity contribution in [3.05, 3.63) is 35.9 Å². The van der Waals surface area contributed by atoms with Crippen molar-refractivity contribution in [1.29, 1.82) is 5.26 Å². The van der Waals surface area contributed by atoms with E-state index in [-0.39, 0.29) is 0 Å². The van der Waals surface area contributed by atoms with Crippen molar-refractivity contribution >= 4 is 5.95 Å². The second-order valence-corrected chi connectivity index (χ2v) is 3.25. The van der Waals surface area contributed by atoms with Gasteiger partial charge in [-0.3, -0.25) is 4.68 Å². The quantitative estimate of drug-likeness (QED) is 0.813. The molecule has 16 heavy (non-hydrogen) atoms. The molecule has 0 saturated carbocycles. The molecule has 2 aromatic rings. The van der Waals surface area contributed by atoms with Crippen LogP contribution in [0.5, 0.6) is 0 Å². The summed E-state index contributed by atoms with van der Waals surface area (Å²) in [5.74, 6) is 0.447. The van der Waals surface area contributed by atoms with Gasteiger partial charge in [0, 0.05) is 31.5 Å². The number of nitrogens with zero attached hydrogens (tertiary/aromatic N) is 5. The molecule has 0 bridgehead atoms. The zero-order chi connectivity index (χ0) is 11.4. The van der Waals surface area contributed by atoms with Gasteiger partial charge in [-0.15, -0.1) is 0 Å². The summed E-state index contributed by atoms with van der Waals surface area (Å²) in [7, 11) is 1.86. The maximum atomic E-state index is 8.67. The summed E-state index contributed by atoms with van der Waals surface area (Å²) in [6, 6.07) is 3.53. The monoisotopic (exact) mass is 214 g/mol. The van der Waals surface area contributed by atoms with E-state index in [2.05, 4.69) is 20.4 Å². The fourth-order valence-corrected chi connectivity index (χ4v) is 1.25. The number of aromatic nitrogens is 4. The number of nitriles is 1. The number of anilines is 1. The Morgan fingerprint density at radius 3 is 3.12 bits per heavy atom. The van der Waals surface area contributed by atoms with E-state index < -0.39 is 0 Å². The number of hydrogen-bond donors (Lipinski definition) is 1. The van der Waals surface area contributed by atoms with Crippen LogP contribution in [-0.4, -0.2) is 19.7 Å². The van der Waals surface area contributed by atoms with Gasteiger partial charge in [0.2, 0.25) is 5.95 Å². The molecule has 2 aromatic heterocycles. The second-order valence-electron chi connectivity index (χ2n) is 3.25. The number of aryl methyl sites for hydroxylation is 1. The van der Waals surface area contributed by atoms with Crippen molar-refractivity contribution < 1.29 is 0 Å². The topological polar surface area (TPSA) is 79.4 Å². The molecule has 0 aromatic carbocycles. The van der Waals surface area contributed by atoms with Crippen LogP contribution in [0.25, 0.3) is 0 Å². The highest BCUT2D eigenvalue weighted by atomic mass is 15.2. The van der Waals surface area contributed by atoms with Crippen LogP contribution in [-0.2, 0) is 13.6 Å². The molecule has 0 atom stereocenters. The van der Waals surface area contributed by atoms with Crippen LogP contribution in [0, 0.1) is 11.3 Å². The summed E-state index contributed by atoms with van der Waals surface area (Å²) in [5.41, 5.74) is 1.39. The highest BCUT2D eigenvalue weighted by Crippen LogP contribution is 2.03. The van der Waals surface area contributed by atoms with Gasteiger partial charge in [-0.1, -0.05) is 0 Å². The second kappa shape index (κ2) is 4.40. The van der Waals surface area contributed by atoms with E-state index in [1.54, 1.807) is 23.1 Å². The van der Waals surface area contributed by atoms with Gasteiger partial charge in [0.1, 0.15) is 11.8 Å². The lowest BCUT2D eigenvalue weighted by molar-refractivity contribution is 0.767. The van der Waals surface area contributed by atoms with E-state index in [1.165, 1.54) is 0 Å². The molecule has 0 unspecified atom stereocenters. The third kappa shape index (κ3) is 2.33. The summed E-state index contributed by atoms with van der Waals surface area (Å²) in [4.78, 5) is 8.01. The van der Waals surface area contributed by atoms with Crippen LogP contribution in [0.15, 0.2) is 24.7 Å². The van der Waals surface area contributed by atoms with Crippen LogP contribution >= 0.6 is 0 Å². The Kier molecular flexibility index (Phi) is 2.78. The molecule has 0 radical (unpaired) electrons. The van der Waals surface area contributed by atoms with E-state index in [0.717, 1.165) is 5.56 Å². The first-order valence-electron chi connectivity index (χ1n) is 4.72. The predicted octanol–water partition coefficient (Wildman–Crippen LogP) is 0.694. The molecular weight excluding hydrogens is 204 g/mol. The molecule has 2 rings (SSSR count). The average Bonchev–Trinajstić information content (AvgIpc) is 2.73. The van der Waals surface area contributed by atoms with Crippen LogP contribution in [0.1, 0.15) is 11.3 Å². The van der Waals surface area contributed by atoms with Gasteiger partial charge in [0.05, 0.1) is 6.20 Å². The van der Waals surface area contributed by atoms with E-state index in [1.807, 2.05) is 19.3 Å². The highest BCUT2D eigenvalue weighted by Gasteiger charge is 1.99. The van der Waals surface area contributed by atoms with Gasteiger partial charge in [0.25, 0.3) is 0 Å². The van der Waals surface area contributed by atoms with Crippen molar-refractivity contribution in [3.63, 3.8) is 0 Å². The number of nitrogens with one attached hydrogen (secondary N) is 1. The van der Waals surface area contributed by atoms with Crippen molar-refractivity contribution in [1.82, 2.24) is 19.7 Å². The van der Waals surface area contributed by atoms with Crippen molar-refractivity contribution in [2.24, 2.45) is 7.05 Å². The predicted molar refractivity (Wildman–Crippen MR) is 57.3 cm³/mol. The summed E-state index contributed by atoms with van der Waals surface area (Å²) in [6.07, 6.45) is 5.22. The Labute approximate surface area is 92.6 Å². The Balaban J connectivity index is 2.02. The summed E-state index contributed by atoms with van der Waals surface area (Å²) < 4.78 is 1.73. The van der Waals surface area contributed by atoms with Crippen molar-refractivity contribution in [2.45, 2.75) is 6.54 Å². The minimum absolute atomic E-state index is 0.351. The summed E-state index contributed by atoms with van der Waals surface area (Å²) in [5, 5.41) is 15.7. The lowest BCUT2D eigenvalue weighted by Crippen LogP contribution is -2.03. The molecule has 2 heterocycles. The van der Waals surface area contributed by atoms with E-state index in [9.17, 15) is 0 Å². The lowest BCUT2D eigenvalue weighted by Gasteiger charge is -2.01. The van der Waals surface area contributed by atoms with E-state index in [4.69, 9.17) is 5.26 Å². The van der Waals surface area contributed by atoms with Gasteiger partial charge in [-0.2, -0.15) is 10.4 Å². The molecule has 80 valence electrons. The fraction of sp³-hybridized carbons (Fsp3) is 0.200. The maximum absolute atomic E-state index is 8.67. The van der Waals surface area contributed by atoms with Crippen molar-refractivity contribution in [2.75, 3.05) is 5.32 Å². The van der Waals surface area contributed by atoms with Gasteiger partial charge < -0.3 is 5.32 Å². The first-order valence-corrected chi connectivity index (χ1v) is 4.72. The van der Waals surface area contributed by atoms with Gasteiger partial charge >= 0.3 is 0 Å². The Bertz CT molecular complexity index is 524. The smallest absolute Gasteiger partial charge is 0.224 e. The van der Waals surface area contributed by atoms with Gasteiger partial charge in [-0.05, 0) is 6.07 Å². The Morgan fingerprint density at radius 1 is 1.56 bits per heavy atom. The molecular formula is C10H10N6. The van der Waals surface area contributed by atoms with Crippen LogP contribution in [0.4, 0.5) is 5.95 Å². The number of hydrogen-bond acceptors (Lipinski definition) is 5. The SMILES string of the molecule is Cn1cc(CNc2nccc(C#N)n2)cn1. The lowest BCUT2D eigenvalue weighted by atomic mass is 10.4. The van der Waals surface area contributed by atoms with Crippen LogP contribution in [0.2, 0.25) is 0 Å². The first-order chi connectivity index (χ1) is 7.78. The molecule has 0 fully saturated rings. The molecule has 6 nitrogen and oxygen atoms in total. The molecule has 0 aliphatic carbocycles. The normalized spacial score (nSPS) is 9.75. The minimum Gasteiger partial charge on any atom is -0.350 e. The van der Waals surface area contributed by atoms with Crippen LogP contribution < -0.4 is 5.32 Å². The molecule has 0 saturated heterocycles. The maximum Gasteiger partial charge on any atom is 0.224 e. The third-order valence-electron chi connectivity index (χ3n) is 1.98. The molecule has 1 N–H and O–H groups in total. The molecule has 0 spiro atoms. The average molecular weight is 214 g/mol. The summed E-state index contributed by atoms with van der Waals surface area (Å²) >= 11 is 0. The highest BCUT2D eigenvalue weighted by molar-refractivity contribution is 5.30. The summed E-state index contributed by atoms with van der Waals surface area (Å²) in [6.45, 7) is 0.586. The zero-order valence-electron chi connectivity index (χ0n) is 8.75. The first kappa shape index (κ1) is 10.1. The zero-order valence-corrected chi connectivity index (χ0v) is 8.75. The van der Waals surface area contributed by atoms with E-state index in [0.29, 0.717) is 18.2 Å². The van der Waals surface area contributed by atoms with Crippen LogP contribution in [0.3, 0.4) is 0 Å². The Hall–Kier alpha value is -2.42. The van der Waals surface area contributed by atoms with Gasteiger partial charge in [-0.25, -0.2) is 9.97 Å². The minimum atomic E-state index is 0.351. The fourth-order valence-electron chi connectivity index (χ4n) is 1.25. The largest absolute Gasteiger partial charge is 0.350 e. The van der Waals surface area contributed by atoms with Gasteiger partial charge in [0.15, 0.2) is 0 Å². The molecule has 6 heteroatoms.